The Kier molecular flexibility index (Phi) is 5.00. The Bertz CT molecular complexity index is 1160. The molecule has 4 heterocycles. The van der Waals surface area contributed by atoms with Gasteiger partial charge >= 0.3 is 0 Å². The predicted octanol–water partition coefficient (Wildman–Crippen LogP) is 2.31. The van der Waals surface area contributed by atoms with Crippen LogP contribution in [0.25, 0.3) is 0 Å². The number of aromatic amines is 1. The van der Waals surface area contributed by atoms with E-state index in [9.17, 15) is 4.79 Å². The average Bonchev–Trinajstić information content (AvgIpc) is 3.46. The number of anilines is 1. The Balaban J connectivity index is 1.22. The van der Waals surface area contributed by atoms with Crippen LogP contribution in [0, 0.1) is 13.8 Å². The van der Waals surface area contributed by atoms with E-state index < -0.39 is 0 Å². The summed E-state index contributed by atoms with van der Waals surface area (Å²) in [4.78, 5) is 19.7. The summed E-state index contributed by atoms with van der Waals surface area (Å²) in [6.07, 6.45) is 5.22. The Morgan fingerprint density at radius 2 is 2.16 bits per heavy atom. The number of pyridine rings is 1. The highest BCUT2D eigenvalue weighted by atomic mass is 16.5. The standard InChI is InChI=1S/C23H29N7O2/c1-14-16(5-8-20(25-14)29-12-23(3,13-29)32-4)10-30-11-17(9-24-30)22(31)26-19-7-6-18-15(2)27-28-21(18)19/h5,8-9,11,19H,6-7,10,12-13H2,1-4H3,(H,26,31)(H,27,28). The van der Waals surface area contributed by atoms with E-state index in [1.165, 1.54) is 5.56 Å². The van der Waals surface area contributed by atoms with Crippen molar-refractivity contribution in [2.45, 2.75) is 51.8 Å². The fourth-order valence-electron chi connectivity index (χ4n) is 4.60. The van der Waals surface area contributed by atoms with Crippen molar-refractivity contribution in [2.24, 2.45) is 0 Å². The van der Waals surface area contributed by atoms with Crippen molar-refractivity contribution in [3.63, 3.8) is 0 Å². The molecule has 1 fully saturated rings. The van der Waals surface area contributed by atoms with Crippen LogP contribution in [0.15, 0.2) is 24.5 Å². The maximum atomic E-state index is 12.8. The summed E-state index contributed by atoms with van der Waals surface area (Å²) in [6.45, 7) is 8.38. The second-order valence-electron chi connectivity index (χ2n) is 9.13. The highest BCUT2D eigenvalue weighted by Gasteiger charge is 2.39. The van der Waals surface area contributed by atoms with Crippen LogP contribution in [0.1, 0.15) is 58.0 Å². The summed E-state index contributed by atoms with van der Waals surface area (Å²) in [6, 6.07) is 4.07. The molecule has 168 valence electrons. The number of hydrogen-bond acceptors (Lipinski definition) is 6. The number of ether oxygens (including phenoxy) is 1. The highest BCUT2D eigenvalue weighted by molar-refractivity contribution is 5.94. The minimum atomic E-state index is -0.126. The lowest BCUT2D eigenvalue weighted by molar-refractivity contribution is -0.0171. The van der Waals surface area contributed by atoms with Crippen molar-refractivity contribution in [1.29, 1.82) is 0 Å². The van der Waals surface area contributed by atoms with E-state index in [4.69, 9.17) is 9.72 Å². The molecule has 9 heteroatoms. The van der Waals surface area contributed by atoms with Crippen LogP contribution in [0.4, 0.5) is 5.82 Å². The van der Waals surface area contributed by atoms with Crippen LogP contribution in [0.2, 0.25) is 0 Å². The largest absolute Gasteiger partial charge is 0.375 e. The summed E-state index contributed by atoms with van der Waals surface area (Å²) in [5.41, 5.74) is 5.76. The van der Waals surface area contributed by atoms with Crippen molar-refractivity contribution in [3.8, 4) is 0 Å². The van der Waals surface area contributed by atoms with Crippen LogP contribution in [0.5, 0.6) is 0 Å². The van der Waals surface area contributed by atoms with Gasteiger partial charge in [0.15, 0.2) is 0 Å². The number of methoxy groups -OCH3 is 1. The zero-order valence-corrected chi connectivity index (χ0v) is 19.0. The van der Waals surface area contributed by atoms with Gasteiger partial charge in [-0.2, -0.15) is 10.2 Å². The first-order chi connectivity index (χ1) is 15.3. The number of aromatic nitrogens is 5. The number of carbonyl (C=O) groups is 1. The van der Waals surface area contributed by atoms with Crippen molar-refractivity contribution < 1.29 is 9.53 Å². The van der Waals surface area contributed by atoms with Crippen molar-refractivity contribution in [3.05, 3.63) is 58.3 Å². The van der Waals surface area contributed by atoms with Gasteiger partial charge in [0.05, 0.1) is 35.6 Å². The van der Waals surface area contributed by atoms with E-state index in [0.717, 1.165) is 54.4 Å². The van der Waals surface area contributed by atoms with Gasteiger partial charge in [-0.15, -0.1) is 0 Å². The SMILES string of the molecule is COC1(C)CN(c2ccc(Cn3cc(C(=O)NC4CCc5c4n[nH]c5C)cn3)c(C)n2)C1. The molecule has 3 aromatic heterocycles. The first kappa shape index (κ1) is 20.7. The molecule has 1 saturated heterocycles. The molecule has 1 amide bonds. The Morgan fingerprint density at radius 3 is 2.91 bits per heavy atom. The summed E-state index contributed by atoms with van der Waals surface area (Å²) in [5, 5.41) is 14.9. The number of carbonyl (C=O) groups excluding carboxylic acids is 1. The van der Waals surface area contributed by atoms with Gasteiger partial charge in [0, 0.05) is 37.8 Å². The maximum Gasteiger partial charge on any atom is 0.255 e. The van der Waals surface area contributed by atoms with Gasteiger partial charge in [0.1, 0.15) is 5.82 Å². The summed E-state index contributed by atoms with van der Waals surface area (Å²) < 4.78 is 7.30. The minimum Gasteiger partial charge on any atom is -0.375 e. The third kappa shape index (κ3) is 3.66. The van der Waals surface area contributed by atoms with E-state index in [-0.39, 0.29) is 17.6 Å². The summed E-state index contributed by atoms with van der Waals surface area (Å²) >= 11 is 0. The Labute approximate surface area is 187 Å². The minimum absolute atomic E-state index is 0.0498. The van der Waals surface area contributed by atoms with Crippen LogP contribution in [-0.4, -0.2) is 56.7 Å². The van der Waals surface area contributed by atoms with E-state index in [1.54, 1.807) is 24.2 Å². The summed E-state index contributed by atoms with van der Waals surface area (Å²) in [5.74, 6) is 0.838. The number of H-pyrrole nitrogens is 1. The molecule has 0 saturated carbocycles. The number of aryl methyl sites for hydroxylation is 2. The van der Waals surface area contributed by atoms with E-state index in [2.05, 4.69) is 38.5 Å². The molecule has 1 atom stereocenters. The van der Waals surface area contributed by atoms with Gasteiger partial charge in [0.25, 0.3) is 5.91 Å². The van der Waals surface area contributed by atoms with Crippen LogP contribution in [-0.2, 0) is 17.7 Å². The normalized spacial score (nSPS) is 19.0. The highest BCUT2D eigenvalue weighted by Crippen LogP contribution is 2.31. The van der Waals surface area contributed by atoms with Gasteiger partial charge in [-0.3, -0.25) is 14.6 Å². The smallest absolute Gasteiger partial charge is 0.255 e. The van der Waals surface area contributed by atoms with E-state index in [1.807, 2.05) is 19.9 Å². The number of nitrogens with one attached hydrogen (secondary N) is 2. The summed E-state index contributed by atoms with van der Waals surface area (Å²) in [7, 11) is 1.75. The number of hydrogen-bond donors (Lipinski definition) is 2. The Morgan fingerprint density at radius 1 is 1.34 bits per heavy atom. The topological polar surface area (TPSA) is 101 Å². The first-order valence-electron chi connectivity index (χ1n) is 11.0. The molecule has 1 unspecified atom stereocenters. The number of amides is 1. The molecular weight excluding hydrogens is 406 g/mol. The van der Waals surface area contributed by atoms with Crippen molar-refractivity contribution in [1.82, 2.24) is 30.3 Å². The van der Waals surface area contributed by atoms with Gasteiger partial charge in [-0.1, -0.05) is 6.07 Å². The fourth-order valence-corrected chi connectivity index (χ4v) is 4.60. The zero-order valence-electron chi connectivity index (χ0n) is 19.0. The molecule has 5 rings (SSSR count). The molecule has 1 aliphatic carbocycles. The third-order valence-corrected chi connectivity index (χ3v) is 6.70. The molecule has 1 aliphatic heterocycles. The third-order valence-electron chi connectivity index (χ3n) is 6.70. The molecule has 2 N–H and O–H groups in total. The van der Waals surface area contributed by atoms with Gasteiger partial charge in [0.2, 0.25) is 0 Å². The number of rotatable bonds is 6. The molecular formula is C23H29N7O2. The number of nitrogens with zero attached hydrogens (tertiary/aromatic N) is 5. The molecule has 3 aromatic rings. The Hall–Kier alpha value is -3.20. The average molecular weight is 436 g/mol. The maximum absolute atomic E-state index is 12.8. The van der Waals surface area contributed by atoms with E-state index in [0.29, 0.717) is 12.1 Å². The molecule has 0 bridgehead atoms. The van der Waals surface area contributed by atoms with Crippen LogP contribution >= 0.6 is 0 Å². The zero-order chi connectivity index (χ0) is 22.5. The second kappa shape index (κ2) is 7.74. The lowest BCUT2D eigenvalue weighted by Crippen LogP contribution is -2.61. The second-order valence-corrected chi connectivity index (χ2v) is 9.13. The van der Waals surface area contributed by atoms with Gasteiger partial charge in [-0.05, 0) is 50.8 Å². The lowest BCUT2D eigenvalue weighted by Gasteiger charge is -2.47. The molecule has 32 heavy (non-hydrogen) atoms. The quantitative estimate of drug-likeness (QED) is 0.616. The molecule has 0 spiro atoms. The van der Waals surface area contributed by atoms with Crippen LogP contribution in [0.3, 0.4) is 0 Å². The predicted molar refractivity (Wildman–Crippen MR) is 120 cm³/mol. The molecule has 0 aromatic carbocycles. The van der Waals surface area contributed by atoms with Gasteiger partial charge in [-0.25, -0.2) is 4.98 Å². The van der Waals surface area contributed by atoms with E-state index >= 15 is 0 Å². The first-order valence-corrected chi connectivity index (χ1v) is 11.0. The fraction of sp³-hybridized carbons (Fsp3) is 0.478. The monoisotopic (exact) mass is 435 g/mol. The lowest BCUT2D eigenvalue weighted by atomic mass is 9.96. The van der Waals surface area contributed by atoms with Gasteiger partial charge < -0.3 is 15.0 Å². The van der Waals surface area contributed by atoms with Crippen molar-refractivity contribution in [2.75, 3.05) is 25.1 Å². The number of fused-ring (bicyclic) bond motifs is 1. The molecule has 2 aliphatic rings. The molecule has 9 nitrogen and oxygen atoms in total. The molecule has 0 radical (unpaired) electrons. The van der Waals surface area contributed by atoms with Crippen molar-refractivity contribution >= 4 is 11.7 Å². The van der Waals surface area contributed by atoms with Crippen LogP contribution < -0.4 is 10.2 Å².